The van der Waals surface area contributed by atoms with Gasteiger partial charge in [-0.15, -0.1) is 0 Å². The van der Waals surface area contributed by atoms with Gasteiger partial charge in [0.05, 0.1) is 6.42 Å². The number of halogens is 3. The molecule has 2 aliphatic rings. The van der Waals surface area contributed by atoms with Crippen LogP contribution in [-0.4, -0.2) is 60.6 Å². The third-order valence-electron chi connectivity index (χ3n) is 3.71. The van der Waals surface area contributed by atoms with Crippen LogP contribution in [0.15, 0.2) is 0 Å². The van der Waals surface area contributed by atoms with Crippen LogP contribution in [0.4, 0.5) is 18.0 Å². The minimum atomic E-state index is -4.26. The lowest BCUT2D eigenvalue weighted by Gasteiger charge is -2.22. The summed E-state index contributed by atoms with van der Waals surface area (Å²) in [6, 6.07) is -0.486. The van der Waals surface area contributed by atoms with Gasteiger partial charge in [-0.05, 0) is 19.3 Å². The Labute approximate surface area is 121 Å². The molecule has 21 heavy (non-hydrogen) atoms. The van der Waals surface area contributed by atoms with E-state index >= 15 is 0 Å². The summed E-state index contributed by atoms with van der Waals surface area (Å²) in [7, 11) is 0. The van der Waals surface area contributed by atoms with E-state index in [2.05, 4.69) is 5.32 Å². The van der Waals surface area contributed by atoms with Gasteiger partial charge in [-0.2, -0.15) is 13.2 Å². The van der Waals surface area contributed by atoms with Gasteiger partial charge in [0.2, 0.25) is 5.91 Å². The zero-order valence-electron chi connectivity index (χ0n) is 11.8. The fourth-order valence-corrected chi connectivity index (χ4v) is 2.35. The Balaban J connectivity index is 1.74. The van der Waals surface area contributed by atoms with Crippen LogP contribution in [0.25, 0.3) is 0 Å². The minimum absolute atomic E-state index is 0.148. The zero-order chi connectivity index (χ0) is 15.5. The van der Waals surface area contributed by atoms with E-state index in [-0.39, 0.29) is 11.8 Å². The van der Waals surface area contributed by atoms with Gasteiger partial charge < -0.3 is 15.1 Å². The van der Waals surface area contributed by atoms with Crippen LogP contribution in [0, 0.1) is 5.92 Å². The molecule has 0 radical (unpaired) electrons. The van der Waals surface area contributed by atoms with Crippen molar-refractivity contribution in [1.29, 1.82) is 0 Å². The average Bonchev–Trinajstić information content (AvgIpc) is 3.23. The Morgan fingerprint density at radius 1 is 1.05 bits per heavy atom. The van der Waals surface area contributed by atoms with Crippen molar-refractivity contribution in [2.75, 3.05) is 32.7 Å². The number of nitrogens with zero attached hydrogens (tertiary/aromatic N) is 2. The Kier molecular flexibility index (Phi) is 4.95. The van der Waals surface area contributed by atoms with Gasteiger partial charge in [-0.1, -0.05) is 0 Å². The fraction of sp³-hybridized carbons (Fsp3) is 0.846. The van der Waals surface area contributed by atoms with Crippen molar-refractivity contribution in [3.8, 4) is 0 Å². The molecule has 0 spiro atoms. The number of carbonyl (C=O) groups excluding carboxylic acids is 2. The number of hydrogen-bond acceptors (Lipinski definition) is 2. The molecule has 2 rings (SSSR count). The van der Waals surface area contributed by atoms with Gasteiger partial charge in [-0.3, -0.25) is 4.79 Å². The number of amides is 3. The Morgan fingerprint density at radius 2 is 1.67 bits per heavy atom. The Morgan fingerprint density at radius 3 is 2.29 bits per heavy atom. The Hall–Kier alpha value is -1.47. The number of hydrogen-bond donors (Lipinski definition) is 1. The number of rotatable bonds is 3. The van der Waals surface area contributed by atoms with Gasteiger partial charge in [0, 0.05) is 38.6 Å². The van der Waals surface area contributed by atoms with E-state index in [1.165, 1.54) is 4.90 Å². The molecule has 0 atom stereocenters. The van der Waals surface area contributed by atoms with Crippen molar-refractivity contribution in [2.45, 2.75) is 31.9 Å². The molecule has 0 bridgehead atoms. The van der Waals surface area contributed by atoms with Crippen LogP contribution in [0.2, 0.25) is 0 Å². The second-order valence-electron chi connectivity index (χ2n) is 5.54. The molecule has 1 aliphatic carbocycles. The van der Waals surface area contributed by atoms with Gasteiger partial charge in [0.15, 0.2) is 0 Å². The maximum absolute atomic E-state index is 12.0. The van der Waals surface area contributed by atoms with Crippen molar-refractivity contribution < 1.29 is 22.8 Å². The molecule has 2 fully saturated rings. The molecule has 1 saturated heterocycles. The van der Waals surface area contributed by atoms with Gasteiger partial charge in [0.1, 0.15) is 0 Å². The summed E-state index contributed by atoms with van der Waals surface area (Å²) in [5, 5.41) is 2.28. The third-order valence-corrected chi connectivity index (χ3v) is 3.71. The largest absolute Gasteiger partial charge is 0.390 e. The summed E-state index contributed by atoms with van der Waals surface area (Å²) in [6.45, 7) is 1.50. The van der Waals surface area contributed by atoms with Crippen LogP contribution in [0.5, 0.6) is 0 Å². The highest BCUT2D eigenvalue weighted by Gasteiger charge is 2.34. The first-order valence-electron chi connectivity index (χ1n) is 7.25. The molecular formula is C13H20F3N3O2. The van der Waals surface area contributed by atoms with Gasteiger partial charge in [0.25, 0.3) is 0 Å². The van der Waals surface area contributed by atoms with E-state index < -0.39 is 25.2 Å². The van der Waals surface area contributed by atoms with Gasteiger partial charge in [-0.25, -0.2) is 4.79 Å². The Bertz CT molecular complexity index is 397. The van der Waals surface area contributed by atoms with E-state index in [9.17, 15) is 22.8 Å². The van der Waals surface area contributed by atoms with Crippen LogP contribution < -0.4 is 5.32 Å². The van der Waals surface area contributed by atoms with E-state index in [0.717, 1.165) is 12.8 Å². The maximum Gasteiger partial charge on any atom is 0.390 e. The van der Waals surface area contributed by atoms with Crippen molar-refractivity contribution in [1.82, 2.24) is 15.1 Å². The molecule has 8 heteroatoms. The molecule has 5 nitrogen and oxygen atoms in total. The van der Waals surface area contributed by atoms with Gasteiger partial charge >= 0.3 is 12.2 Å². The number of urea groups is 1. The molecule has 0 aromatic rings. The standard InChI is InChI=1S/C13H20F3N3O2/c14-13(15,16)4-5-17-12(21)19-7-1-6-18(8-9-19)11(20)10-2-3-10/h10H,1-9H2,(H,17,21). The number of nitrogens with one attached hydrogen (secondary N) is 1. The molecule has 0 aromatic heterocycles. The lowest BCUT2D eigenvalue weighted by atomic mass is 10.3. The molecule has 1 saturated carbocycles. The first-order chi connectivity index (χ1) is 9.87. The average molecular weight is 307 g/mol. The quantitative estimate of drug-likeness (QED) is 0.861. The topological polar surface area (TPSA) is 52.7 Å². The third kappa shape index (κ3) is 5.09. The van der Waals surface area contributed by atoms with E-state index in [1.54, 1.807) is 4.90 Å². The summed E-state index contributed by atoms with van der Waals surface area (Å²) >= 11 is 0. The summed E-state index contributed by atoms with van der Waals surface area (Å²) in [5.41, 5.74) is 0. The highest BCUT2D eigenvalue weighted by Crippen LogP contribution is 2.31. The number of carbonyl (C=O) groups is 2. The molecule has 1 heterocycles. The zero-order valence-corrected chi connectivity index (χ0v) is 11.8. The first-order valence-corrected chi connectivity index (χ1v) is 7.25. The molecule has 0 aromatic carbocycles. The molecule has 0 unspecified atom stereocenters. The molecule has 1 N–H and O–H groups in total. The maximum atomic E-state index is 12.0. The summed E-state index contributed by atoms with van der Waals surface area (Å²) in [4.78, 5) is 27.0. The van der Waals surface area contributed by atoms with E-state index in [4.69, 9.17) is 0 Å². The van der Waals surface area contributed by atoms with Crippen LogP contribution in [-0.2, 0) is 4.79 Å². The number of alkyl halides is 3. The van der Waals surface area contributed by atoms with Crippen molar-refractivity contribution in [2.24, 2.45) is 5.92 Å². The normalized spacial score (nSPS) is 20.1. The van der Waals surface area contributed by atoms with Crippen LogP contribution >= 0.6 is 0 Å². The molecule has 120 valence electrons. The molecular weight excluding hydrogens is 287 g/mol. The highest BCUT2D eigenvalue weighted by atomic mass is 19.4. The fourth-order valence-electron chi connectivity index (χ4n) is 2.35. The minimum Gasteiger partial charge on any atom is -0.341 e. The lowest BCUT2D eigenvalue weighted by Crippen LogP contribution is -2.43. The summed E-state index contributed by atoms with van der Waals surface area (Å²) in [5.74, 6) is 0.298. The van der Waals surface area contributed by atoms with Crippen LogP contribution in [0.1, 0.15) is 25.7 Å². The second-order valence-corrected chi connectivity index (χ2v) is 5.54. The van der Waals surface area contributed by atoms with Crippen molar-refractivity contribution in [3.05, 3.63) is 0 Å². The van der Waals surface area contributed by atoms with Crippen LogP contribution in [0.3, 0.4) is 0 Å². The molecule has 3 amide bonds. The monoisotopic (exact) mass is 307 g/mol. The molecule has 1 aliphatic heterocycles. The predicted molar refractivity (Wildman–Crippen MR) is 69.6 cm³/mol. The van der Waals surface area contributed by atoms with Crippen molar-refractivity contribution >= 4 is 11.9 Å². The first kappa shape index (κ1) is 15.9. The van der Waals surface area contributed by atoms with Crippen molar-refractivity contribution in [3.63, 3.8) is 0 Å². The van der Waals surface area contributed by atoms with E-state index in [0.29, 0.717) is 32.6 Å². The smallest absolute Gasteiger partial charge is 0.341 e. The highest BCUT2D eigenvalue weighted by molar-refractivity contribution is 5.81. The lowest BCUT2D eigenvalue weighted by molar-refractivity contribution is -0.133. The second kappa shape index (κ2) is 6.53. The predicted octanol–water partition coefficient (Wildman–Crippen LogP) is 1.59. The SMILES string of the molecule is O=C(NCCC(F)(F)F)N1CCCN(C(=O)C2CC2)CC1. The summed E-state index contributed by atoms with van der Waals surface area (Å²) < 4.78 is 36.1. The van der Waals surface area contributed by atoms with E-state index in [1.807, 2.05) is 0 Å². The summed E-state index contributed by atoms with van der Waals surface area (Å²) in [6.07, 6.45) is -2.75.